The minimum absolute atomic E-state index is 0.134. The number of benzene rings is 1. The Hall–Kier alpha value is -2.14. The summed E-state index contributed by atoms with van der Waals surface area (Å²) in [5.74, 6) is -0.134. The van der Waals surface area contributed by atoms with E-state index in [4.69, 9.17) is 5.73 Å². The molecule has 0 radical (unpaired) electrons. The zero-order valence-corrected chi connectivity index (χ0v) is 11.8. The summed E-state index contributed by atoms with van der Waals surface area (Å²) in [7, 11) is 0. The van der Waals surface area contributed by atoms with Crippen molar-refractivity contribution in [3.05, 3.63) is 48.3 Å². The van der Waals surface area contributed by atoms with Crippen LogP contribution in [0.2, 0.25) is 0 Å². The molecule has 1 aromatic carbocycles. The molecule has 0 aliphatic heterocycles. The molecule has 5 nitrogen and oxygen atoms in total. The van der Waals surface area contributed by atoms with Gasteiger partial charge in [-0.3, -0.25) is 4.79 Å². The quantitative estimate of drug-likeness (QED) is 0.870. The first-order valence-corrected chi connectivity index (χ1v) is 6.64. The molecule has 2 rings (SSSR count). The number of para-hydroxylation sites is 1. The van der Waals surface area contributed by atoms with Gasteiger partial charge in [0.1, 0.15) is 0 Å². The van der Waals surface area contributed by atoms with Crippen molar-refractivity contribution >= 4 is 5.91 Å². The van der Waals surface area contributed by atoms with Crippen LogP contribution >= 0.6 is 0 Å². The van der Waals surface area contributed by atoms with Crippen molar-refractivity contribution in [1.29, 1.82) is 0 Å². The van der Waals surface area contributed by atoms with Gasteiger partial charge in [-0.1, -0.05) is 18.2 Å². The molecule has 106 valence electrons. The van der Waals surface area contributed by atoms with E-state index < -0.39 is 0 Å². The van der Waals surface area contributed by atoms with E-state index in [1.165, 1.54) is 0 Å². The molecule has 1 aromatic heterocycles. The fourth-order valence-electron chi connectivity index (χ4n) is 1.96. The summed E-state index contributed by atoms with van der Waals surface area (Å²) in [6.45, 7) is 4.45. The van der Waals surface area contributed by atoms with Gasteiger partial charge in [-0.25, -0.2) is 4.68 Å². The van der Waals surface area contributed by atoms with Crippen molar-refractivity contribution < 1.29 is 4.79 Å². The number of nitrogens with two attached hydrogens (primary N) is 1. The number of aromatic nitrogens is 2. The first-order valence-electron chi connectivity index (χ1n) is 6.64. The molecule has 2 aromatic rings. The number of nitrogens with one attached hydrogen (secondary N) is 1. The van der Waals surface area contributed by atoms with E-state index in [1.54, 1.807) is 17.1 Å². The van der Waals surface area contributed by atoms with Crippen molar-refractivity contribution in [1.82, 2.24) is 15.1 Å². The minimum atomic E-state index is -0.319. The van der Waals surface area contributed by atoms with Gasteiger partial charge < -0.3 is 11.1 Å². The predicted octanol–water partition coefficient (Wildman–Crippen LogP) is 1.73. The molecule has 1 heterocycles. The molecule has 5 heteroatoms. The van der Waals surface area contributed by atoms with Crippen molar-refractivity contribution in [3.8, 4) is 5.69 Å². The highest BCUT2D eigenvalue weighted by molar-refractivity contribution is 5.94. The molecule has 0 saturated carbocycles. The average Bonchev–Trinajstić information content (AvgIpc) is 2.88. The van der Waals surface area contributed by atoms with E-state index in [2.05, 4.69) is 10.4 Å². The van der Waals surface area contributed by atoms with Gasteiger partial charge in [0, 0.05) is 11.7 Å². The maximum absolute atomic E-state index is 12.2. The van der Waals surface area contributed by atoms with Crippen LogP contribution in [0.1, 0.15) is 30.6 Å². The second kappa shape index (κ2) is 5.88. The minimum Gasteiger partial charge on any atom is -0.347 e. The molecule has 0 spiro atoms. The van der Waals surface area contributed by atoms with E-state index >= 15 is 0 Å². The van der Waals surface area contributed by atoms with Crippen LogP contribution in [0.5, 0.6) is 0 Å². The van der Waals surface area contributed by atoms with E-state index in [0.717, 1.165) is 12.1 Å². The second-order valence-electron chi connectivity index (χ2n) is 5.39. The number of hydrogen-bond donors (Lipinski definition) is 2. The van der Waals surface area contributed by atoms with Gasteiger partial charge in [-0.2, -0.15) is 5.10 Å². The summed E-state index contributed by atoms with van der Waals surface area (Å²) in [6, 6.07) is 9.68. The maximum atomic E-state index is 12.2. The molecule has 3 N–H and O–H groups in total. The SMILES string of the molecule is CC(C)(CCN)NC(=O)c1cnn(-c2ccccc2)c1. The third kappa shape index (κ3) is 3.45. The van der Waals surface area contributed by atoms with Crippen LogP contribution in [0.25, 0.3) is 5.69 Å². The Bertz CT molecular complexity index is 575. The Morgan fingerprint density at radius 3 is 2.70 bits per heavy atom. The molecule has 0 fully saturated rings. The largest absolute Gasteiger partial charge is 0.347 e. The number of carbonyl (C=O) groups is 1. The fourth-order valence-corrected chi connectivity index (χ4v) is 1.96. The van der Waals surface area contributed by atoms with Gasteiger partial charge >= 0.3 is 0 Å². The smallest absolute Gasteiger partial charge is 0.254 e. The Morgan fingerprint density at radius 2 is 2.05 bits per heavy atom. The first kappa shape index (κ1) is 14.3. The normalized spacial score (nSPS) is 11.3. The topological polar surface area (TPSA) is 72.9 Å². The average molecular weight is 272 g/mol. The van der Waals surface area contributed by atoms with Crippen LogP contribution in [-0.2, 0) is 0 Å². The van der Waals surface area contributed by atoms with Gasteiger partial charge in [-0.05, 0) is 38.9 Å². The van der Waals surface area contributed by atoms with Gasteiger partial charge in [-0.15, -0.1) is 0 Å². The van der Waals surface area contributed by atoms with E-state index in [0.29, 0.717) is 12.1 Å². The molecular formula is C15H20N4O. The van der Waals surface area contributed by atoms with Crippen LogP contribution in [0.15, 0.2) is 42.7 Å². The summed E-state index contributed by atoms with van der Waals surface area (Å²) < 4.78 is 1.69. The highest BCUT2D eigenvalue weighted by Crippen LogP contribution is 2.11. The maximum Gasteiger partial charge on any atom is 0.254 e. The monoisotopic (exact) mass is 272 g/mol. The molecule has 20 heavy (non-hydrogen) atoms. The van der Waals surface area contributed by atoms with Crippen LogP contribution in [0.4, 0.5) is 0 Å². The zero-order chi connectivity index (χ0) is 14.6. The highest BCUT2D eigenvalue weighted by atomic mass is 16.1. The van der Waals surface area contributed by atoms with Crippen LogP contribution in [0.3, 0.4) is 0 Å². The standard InChI is InChI=1S/C15H20N4O/c1-15(2,8-9-16)18-14(20)12-10-17-19(11-12)13-6-4-3-5-7-13/h3-7,10-11H,8-9,16H2,1-2H3,(H,18,20). The van der Waals surface area contributed by atoms with E-state index in [1.807, 2.05) is 44.2 Å². The summed E-state index contributed by atoms with van der Waals surface area (Å²) in [4.78, 5) is 12.2. The Morgan fingerprint density at radius 1 is 1.35 bits per heavy atom. The molecule has 0 unspecified atom stereocenters. The molecule has 0 aliphatic carbocycles. The molecule has 0 atom stereocenters. The molecular weight excluding hydrogens is 252 g/mol. The first-order chi connectivity index (χ1) is 9.52. The molecule has 0 saturated heterocycles. The van der Waals surface area contributed by atoms with Gasteiger partial charge in [0.2, 0.25) is 0 Å². The van der Waals surface area contributed by atoms with Gasteiger partial charge in [0.15, 0.2) is 0 Å². The van der Waals surface area contributed by atoms with Gasteiger partial charge in [0.25, 0.3) is 5.91 Å². The molecule has 1 amide bonds. The number of carbonyl (C=O) groups excluding carboxylic acids is 1. The summed E-state index contributed by atoms with van der Waals surface area (Å²) in [5, 5.41) is 7.18. The predicted molar refractivity (Wildman–Crippen MR) is 78.8 cm³/mol. The van der Waals surface area contributed by atoms with Crippen LogP contribution in [0, 0.1) is 0 Å². The van der Waals surface area contributed by atoms with Crippen molar-refractivity contribution in [2.75, 3.05) is 6.54 Å². The molecule has 0 bridgehead atoms. The van der Waals surface area contributed by atoms with Crippen molar-refractivity contribution in [2.45, 2.75) is 25.8 Å². The highest BCUT2D eigenvalue weighted by Gasteiger charge is 2.21. The number of nitrogens with zero attached hydrogens (tertiary/aromatic N) is 2. The Kier molecular flexibility index (Phi) is 4.20. The summed E-state index contributed by atoms with van der Waals surface area (Å²) in [5.41, 5.74) is 6.69. The summed E-state index contributed by atoms with van der Waals surface area (Å²) in [6.07, 6.45) is 4.02. The lowest BCUT2D eigenvalue weighted by Crippen LogP contribution is -2.44. The second-order valence-corrected chi connectivity index (χ2v) is 5.39. The lowest BCUT2D eigenvalue weighted by atomic mass is 10.0. The van der Waals surface area contributed by atoms with E-state index in [9.17, 15) is 4.79 Å². The Labute approximate surface area is 118 Å². The zero-order valence-electron chi connectivity index (χ0n) is 11.8. The van der Waals surface area contributed by atoms with Crippen LogP contribution < -0.4 is 11.1 Å². The van der Waals surface area contributed by atoms with Gasteiger partial charge in [0.05, 0.1) is 17.4 Å². The lowest BCUT2D eigenvalue weighted by molar-refractivity contribution is 0.0910. The van der Waals surface area contributed by atoms with Crippen molar-refractivity contribution in [3.63, 3.8) is 0 Å². The third-order valence-corrected chi connectivity index (χ3v) is 3.09. The third-order valence-electron chi connectivity index (χ3n) is 3.09. The lowest BCUT2D eigenvalue weighted by Gasteiger charge is -2.25. The summed E-state index contributed by atoms with van der Waals surface area (Å²) >= 11 is 0. The van der Waals surface area contributed by atoms with E-state index in [-0.39, 0.29) is 11.4 Å². The number of amides is 1. The van der Waals surface area contributed by atoms with Crippen LogP contribution in [-0.4, -0.2) is 27.8 Å². The Balaban J connectivity index is 2.11. The molecule has 0 aliphatic rings. The van der Waals surface area contributed by atoms with Crippen molar-refractivity contribution in [2.24, 2.45) is 5.73 Å². The fraction of sp³-hybridized carbons (Fsp3) is 0.333. The number of rotatable bonds is 5. The number of hydrogen-bond acceptors (Lipinski definition) is 3.